The number of hydrogen-bond donors (Lipinski definition) is 0. The third-order valence-electron chi connectivity index (χ3n) is 12.6. The second-order valence-electron chi connectivity index (χ2n) is 15.8. The average Bonchev–Trinajstić information content (AvgIpc) is 3.43. The molecule has 3 aliphatic rings. The van der Waals surface area contributed by atoms with Crippen molar-refractivity contribution in [3.8, 4) is 33.4 Å². The lowest BCUT2D eigenvalue weighted by Gasteiger charge is -2.44. The fraction of sp³-hybridized carbons (Fsp3) is 0.0741. The van der Waals surface area contributed by atoms with Gasteiger partial charge in [-0.2, -0.15) is 0 Å². The predicted molar refractivity (Wildman–Crippen MR) is 232 cm³/mol. The van der Waals surface area contributed by atoms with Crippen LogP contribution in [0.25, 0.3) is 56.8 Å². The molecular weight excluding hydrogens is 663 g/mol. The van der Waals surface area contributed by atoms with Crippen LogP contribution in [0.3, 0.4) is 0 Å². The van der Waals surface area contributed by atoms with E-state index >= 15 is 0 Å². The summed E-state index contributed by atoms with van der Waals surface area (Å²) in [6.45, 7) is 9.25. The molecular formula is C54H39N. The summed E-state index contributed by atoms with van der Waals surface area (Å²) < 4.78 is 0. The number of fused-ring (bicyclic) bond motifs is 8. The molecule has 260 valence electrons. The van der Waals surface area contributed by atoms with Gasteiger partial charge in [0.25, 0.3) is 0 Å². The quantitative estimate of drug-likeness (QED) is 0.173. The molecule has 0 saturated heterocycles. The van der Waals surface area contributed by atoms with Crippen molar-refractivity contribution in [2.75, 3.05) is 4.90 Å². The van der Waals surface area contributed by atoms with Gasteiger partial charge in [0, 0.05) is 22.2 Å². The highest BCUT2D eigenvalue weighted by molar-refractivity contribution is 6.08. The van der Waals surface area contributed by atoms with Crippen LogP contribution in [0, 0.1) is 0 Å². The number of benzene rings is 8. The van der Waals surface area contributed by atoms with Crippen LogP contribution < -0.4 is 15.3 Å². The second-order valence-corrected chi connectivity index (χ2v) is 15.8. The van der Waals surface area contributed by atoms with Crippen molar-refractivity contribution in [2.24, 2.45) is 0 Å². The Hall–Kier alpha value is -6.70. The Kier molecular flexibility index (Phi) is 6.73. The largest absolute Gasteiger partial charge is 0.310 e. The van der Waals surface area contributed by atoms with Crippen molar-refractivity contribution in [1.82, 2.24) is 0 Å². The average molecular weight is 702 g/mol. The maximum absolute atomic E-state index is 4.55. The molecule has 2 bridgehead atoms. The van der Waals surface area contributed by atoms with Gasteiger partial charge in [0.1, 0.15) is 0 Å². The first-order valence-corrected chi connectivity index (χ1v) is 19.3. The van der Waals surface area contributed by atoms with Crippen LogP contribution >= 0.6 is 0 Å². The first kappa shape index (κ1) is 31.8. The molecule has 55 heavy (non-hydrogen) atoms. The highest BCUT2D eigenvalue weighted by Crippen LogP contribution is 2.56. The highest BCUT2D eigenvalue weighted by Gasteiger charge is 2.45. The van der Waals surface area contributed by atoms with Gasteiger partial charge in [-0.3, -0.25) is 0 Å². The Morgan fingerprint density at radius 2 is 1.07 bits per heavy atom. The number of anilines is 3. The third kappa shape index (κ3) is 4.47. The zero-order valence-corrected chi connectivity index (χ0v) is 31.1. The fourth-order valence-electron chi connectivity index (χ4n) is 9.86. The molecule has 0 amide bonds. The predicted octanol–water partition coefficient (Wildman–Crippen LogP) is 12.4. The minimum atomic E-state index is -0.303. The summed E-state index contributed by atoms with van der Waals surface area (Å²) in [5, 5.41) is 4.88. The number of hydrogen-bond acceptors (Lipinski definition) is 1. The van der Waals surface area contributed by atoms with Crippen molar-refractivity contribution < 1.29 is 0 Å². The summed E-state index contributed by atoms with van der Waals surface area (Å²) in [7, 11) is 0. The van der Waals surface area contributed by atoms with Crippen molar-refractivity contribution >= 4 is 40.5 Å². The minimum absolute atomic E-state index is 0.0387. The van der Waals surface area contributed by atoms with Crippen LogP contribution in [-0.2, 0) is 10.8 Å². The molecule has 0 aliphatic heterocycles. The smallest absolute Gasteiger partial charge is 0.0653 e. The molecule has 1 atom stereocenters. The maximum Gasteiger partial charge on any atom is 0.0653 e. The first-order chi connectivity index (χ1) is 26.9. The van der Waals surface area contributed by atoms with Gasteiger partial charge in [-0.05, 0) is 113 Å². The zero-order valence-electron chi connectivity index (χ0n) is 31.1. The highest BCUT2D eigenvalue weighted by atomic mass is 15.1. The van der Waals surface area contributed by atoms with Gasteiger partial charge in [0.05, 0.1) is 11.1 Å². The van der Waals surface area contributed by atoms with Crippen LogP contribution in [0.4, 0.5) is 17.1 Å². The fourth-order valence-corrected chi connectivity index (χ4v) is 9.86. The van der Waals surface area contributed by atoms with Crippen LogP contribution in [0.5, 0.6) is 0 Å². The van der Waals surface area contributed by atoms with Gasteiger partial charge < -0.3 is 4.90 Å². The second kappa shape index (κ2) is 11.6. The van der Waals surface area contributed by atoms with E-state index < -0.39 is 0 Å². The molecule has 1 spiro atoms. The Morgan fingerprint density at radius 3 is 1.85 bits per heavy atom. The van der Waals surface area contributed by atoms with Crippen LogP contribution in [-0.4, -0.2) is 0 Å². The molecule has 8 aromatic rings. The molecule has 0 heterocycles. The van der Waals surface area contributed by atoms with Crippen molar-refractivity contribution in [3.63, 3.8) is 0 Å². The van der Waals surface area contributed by atoms with E-state index in [4.69, 9.17) is 0 Å². The minimum Gasteiger partial charge on any atom is -0.310 e. The summed E-state index contributed by atoms with van der Waals surface area (Å²) in [4.78, 5) is 2.43. The van der Waals surface area contributed by atoms with E-state index in [1.807, 2.05) is 0 Å². The maximum atomic E-state index is 4.55. The molecule has 0 saturated carbocycles. The molecule has 3 aliphatic carbocycles. The first-order valence-electron chi connectivity index (χ1n) is 19.3. The Morgan fingerprint density at radius 1 is 0.473 bits per heavy atom. The van der Waals surface area contributed by atoms with E-state index in [0.29, 0.717) is 0 Å². The van der Waals surface area contributed by atoms with Crippen LogP contribution in [0.2, 0.25) is 0 Å². The standard InChI is InChI=1S/C54H39N/c1-35-36-14-9-19-46(35)54(33-11-15-36)48-20-10-17-45-51(32-31-49(54)52(45)48)55(41-26-21-38(22-27-41)37-12-5-4-6-13-37)42-28-23-39(24-29-42)40-25-30-44-43-16-7-8-18-47(43)53(2,3)50(44)34-40/h4-34H,1H2,2-3H3. The molecule has 0 radical (unpaired) electrons. The van der Waals surface area contributed by atoms with Gasteiger partial charge in [-0.25, -0.2) is 0 Å². The van der Waals surface area contributed by atoms with E-state index in [1.54, 1.807) is 0 Å². The molecule has 1 unspecified atom stereocenters. The van der Waals surface area contributed by atoms with E-state index in [0.717, 1.165) is 16.6 Å². The number of nitrogens with zero attached hydrogens (tertiary/aromatic N) is 1. The van der Waals surface area contributed by atoms with Gasteiger partial charge in [0.2, 0.25) is 0 Å². The zero-order chi connectivity index (χ0) is 36.9. The van der Waals surface area contributed by atoms with Crippen molar-refractivity contribution in [3.05, 3.63) is 220 Å². The normalized spacial score (nSPS) is 16.5. The van der Waals surface area contributed by atoms with Gasteiger partial charge in [0.15, 0.2) is 0 Å². The summed E-state index contributed by atoms with van der Waals surface area (Å²) in [6, 6.07) is 62.8. The topological polar surface area (TPSA) is 3.24 Å². The van der Waals surface area contributed by atoms with Crippen LogP contribution in [0.15, 0.2) is 182 Å². The molecule has 11 rings (SSSR count). The molecule has 1 nitrogen and oxygen atoms in total. The molecule has 0 N–H and O–H groups in total. The molecule has 8 aromatic carbocycles. The molecule has 1 heteroatoms. The summed E-state index contributed by atoms with van der Waals surface area (Å²) in [6.07, 6.45) is 6.79. The monoisotopic (exact) mass is 701 g/mol. The van der Waals surface area contributed by atoms with Gasteiger partial charge >= 0.3 is 0 Å². The molecule has 0 fully saturated rings. The Balaban J connectivity index is 1.04. The van der Waals surface area contributed by atoms with E-state index in [2.05, 4.69) is 213 Å². The molecule has 0 aromatic heterocycles. The third-order valence-corrected chi connectivity index (χ3v) is 12.6. The summed E-state index contributed by atoms with van der Waals surface area (Å²) in [5.41, 5.74) is 17.4. The lowest BCUT2D eigenvalue weighted by Crippen LogP contribution is -2.41. The van der Waals surface area contributed by atoms with Crippen LogP contribution in [0.1, 0.15) is 41.7 Å². The van der Waals surface area contributed by atoms with Gasteiger partial charge in [-0.15, -0.1) is 0 Å². The van der Waals surface area contributed by atoms with Crippen molar-refractivity contribution in [1.29, 1.82) is 0 Å². The lowest BCUT2D eigenvalue weighted by atomic mass is 9.59. The Labute approximate surface area is 322 Å². The van der Waals surface area contributed by atoms with E-state index in [1.165, 1.54) is 82.9 Å². The lowest BCUT2D eigenvalue weighted by molar-refractivity contribution is 0.660. The van der Waals surface area contributed by atoms with Gasteiger partial charge in [-0.1, -0.05) is 172 Å². The Bertz CT molecular complexity index is 2990. The number of rotatable bonds is 5. The van der Waals surface area contributed by atoms with E-state index in [9.17, 15) is 0 Å². The summed E-state index contributed by atoms with van der Waals surface area (Å²) >= 11 is 0. The SMILES string of the molecule is C=c1c2cccc1=CC=CC21c2cccc3c(N(c4ccc(-c5ccccc5)cc4)c4ccc(-c5ccc6c(c5)C(C)(C)c5ccccc5-6)cc4)ccc1c23. The van der Waals surface area contributed by atoms with Crippen molar-refractivity contribution in [2.45, 2.75) is 24.7 Å². The van der Waals surface area contributed by atoms with E-state index in [-0.39, 0.29) is 10.8 Å². The number of allylic oxidation sites excluding steroid dienone is 2. The summed E-state index contributed by atoms with van der Waals surface area (Å²) in [5.74, 6) is 0.